The third-order valence-electron chi connectivity index (χ3n) is 1.78. The van der Waals surface area contributed by atoms with Crippen molar-refractivity contribution in [3.63, 3.8) is 0 Å². The van der Waals surface area contributed by atoms with Gasteiger partial charge in [-0.1, -0.05) is 0 Å². The Morgan fingerprint density at radius 2 is 2.50 bits per heavy atom. The van der Waals surface area contributed by atoms with Gasteiger partial charge in [0, 0.05) is 30.5 Å². The Balaban J connectivity index is 2.16. The Bertz CT molecular complexity index is 303. The highest BCUT2D eigenvalue weighted by Crippen LogP contribution is 2.12. The van der Waals surface area contributed by atoms with Crippen molar-refractivity contribution in [2.45, 2.75) is 13.0 Å². The van der Waals surface area contributed by atoms with E-state index in [9.17, 15) is 0 Å². The molecule has 0 aromatic carbocycles. The second-order valence-corrected chi connectivity index (χ2v) is 3.93. The number of nitrogens with zero attached hydrogens (tertiary/aromatic N) is 1. The summed E-state index contributed by atoms with van der Waals surface area (Å²) < 4.78 is 4.94. The zero-order valence-corrected chi connectivity index (χ0v) is 9.06. The van der Waals surface area contributed by atoms with Crippen LogP contribution in [0.4, 0.5) is 0 Å². The van der Waals surface area contributed by atoms with E-state index in [4.69, 9.17) is 10.00 Å². The van der Waals surface area contributed by atoms with Gasteiger partial charge in [0.15, 0.2) is 0 Å². The predicted molar refractivity (Wildman–Crippen MR) is 57.2 cm³/mol. The Morgan fingerprint density at radius 1 is 1.64 bits per heavy atom. The first-order valence-electron chi connectivity index (χ1n) is 4.54. The van der Waals surface area contributed by atoms with Crippen LogP contribution in [0.5, 0.6) is 0 Å². The van der Waals surface area contributed by atoms with Crippen LogP contribution >= 0.6 is 11.3 Å². The first-order chi connectivity index (χ1) is 6.86. The van der Waals surface area contributed by atoms with Crippen molar-refractivity contribution in [1.29, 1.82) is 5.26 Å². The summed E-state index contributed by atoms with van der Waals surface area (Å²) in [6.45, 7) is 2.59. The van der Waals surface area contributed by atoms with Crippen LogP contribution in [0, 0.1) is 11.3 Å². The fourth-order valence-corrected chi connectivity index (χ4v) is 1.86. The minimum Gasteiger partial charge on any atom is -0.385 e. The Morgan fingerprint density at radius 3 is 3.14 bits per heavy atom. The SMILES string of the molecule is COCCCNCc1cc(C#N)cs1. The third-order valence-corrected chi connectivity index (χ3v) is 2.72. The molecule has 0 unspecified atom stereocenters. The van der Waals surface area contributed by atoms with E-state index in [-0.39, 0.29) is 0 Å². The number of nitrogens with one attached hydrogen (secondary N) is 1. The number of hydrogen-bond acceptors (Lipinski definition) is 4. The van der Waals surface area contributed by atoms with Crippen LogP contribution in [0.25, 0.3) is 0 Å². The molecular formula is C10H14N2OS. The summed E-state index contributed by atoms with van der Waals surface area (Å²) in [5.74, 6) is 0. The molecule has 4 heteroatoms. The average molecular weight is 210 g/mol. The predicted octanol–water partition coefficient (Wildman–Crippen LogP) is 1.75. The summed E-state index contributed by atoms with van der Waals surface area (Å²) in [6.07, 6.45) is 1.02. The van der Waals surface area contributed by atoms with Crippen LogP contribution in [0.1, 0.15) is 16.9 Å². The summed E-state index contributed by atoms with van der Waals surface area (Å²) in [4.78, 5) is 1.21. The molecule has 0 saturated carbocycles. The maximum Gasteiger partial charge on any atom is 0.100 e. The van der Waals surface area contributed by atoms with E-state index in [0.717, 1.165) is 31.7 Å². The molecule has 0 radical (unpaired) electrons. The molecule has 14 heavy (non-hydrogen) atoms. The first kappa shape index (κ1) is 11.2. The zero-order chi connectivity index (χ0) is 10.2. The minimum absolute atomic E-state index is 0.753. The van der Waals surface area contributed by atoms with E-state index in [2.05, 4.69) is 11.4 Å². The molecular weight excluding hydrogens is 196 g/mol. The van der Waals surface area contributed by atoms with Crippen molar-refractivity contribution >= 4 is 11.3 Å². The summed E-state index contributed by atoms with van der Waals surface area (Å²) >= 11 is 1.62. The van der Waals surface area contributed by atoms with Gasteiger partial charge in [0.1, 0.15) is 6.07 Å². The lowest BCUT2D eigenvalue weighted by atomic mass is 10.3. The molecule has 1 heterocycles. The Kier molecular flexibility index (Phi) is 5.23. The van der Waals surface area contributed by atoms with Crippen molar-refractivity contribution < 1.29 is 4.74 Å². The van der Waals surface area contributed by atoms with Crippen LogP contribution < -0.4 is 5.32 Å². The molecule has 0 fully saturated rings. The molecule has 0 saturated heterocycles. The van der Waals surface area contributed by atoms with Gasteiger partial charge < -0.3 is 10.1 Å². The highest BCUT2D eigenvalue weighted by Gasteiger charge is 1.97. The lowest BCUT2D eigenvalue weighted by molar-refractivity contribution is 0.194. The van der Waals surface area contributed by atoms with E-state index in [1.165, 1.54) is 4.88 Å². The van der Waals surface area contributed by atoms with E-state index in [0.29, 0.717) is 0 Å². The van der Waals surface area contributed by atoms with Crippen LogP contribution in [0.2, 0.25) is 0 Å². The van der Waals surface area contributed by atoms with Crippen molar-refractivity contribution in [2.24, 2.45) is 0 Å². The van der Waals surface area contributed by atoms with E-state index in [1.54, 1.807) is 18.4 Å². The minimum atomic E-state index is 0.753. The van der Waals surface area contributed by atoms with Crippen LogP contribution in [0.3, 0.4) is 0 Å². The highest BCUT2D eigenvalue weighted by molar-refractivity contribution is 7.10. The van der Waals surface area contributed by atoms with Crippen LogP contribution in [-0.4, -0.2) is 20.3 Å². The molecule has 1 N–H and O–H groups in total. The van der Waals surface area contributed by atoms with Crippen molar-refractivity contribution in [1.82, 2.24) is 5.32 Å². The quantitative estimate of drug-likeness (QED) is 0.727. The Hall–Kier alpha value is -0.890. The van der Waals surface area contributed by atoms with Gasteiger partial charge in [0.05, 0.1) is 5.56 Å². The van der Waals surface area contributed by atoms with Crippen molar-refractivity contribution in [2.75, 3.05) is 20.3 Å². The molecule has 0 aliphatic carbocycles. The largest absolute Gasteiger partial charge is 0.385 e. The second kappa shape index (κ2) is 6.55. The topological polar surface area (TPSA) is 45.0 Å². The number of thiophene rings is 1. The lowest BCUT2D eigenvalue weighted by Crippen LogP contribution is -2.15. The van der Waals surface area contributed by atoms with Gasteiger partial charge in [0.25, 0.3) is 0 Å². The molecule has 0 aliphatic heterocycles. The fourth-order valence-electron chi connectivity index (χ4n) is 1.09. The number of rotatable bonds is 6. The van der Waals surface area contributed by atoms with Gasteiger partial charge in [0.2, 0.25) is 0 Å². The number of ether oxygens (including phenoxy) is 1. The summed E-state index contributed by atoms with van der Waals surface area (Å²) in [5, 5.41) is 13.8. The first-order valence-corrected chi connectivity index (χ1v) is 5.42. The van der Waals surface area contributed by atoms with Crippen molar-refractivity contribution in [3.8, 4) is 6.07 Å². The van der Waals surface area contributed by atoms with Crippen molar-refractivity contribution in [3.05, 3.63) is 21.9 Å². The van der Waals surface area contributed by atoms with E-state index < -0.39 is 0 Å². The summed E-state index contributed by atoms with van der Waals surface area (Å²) in [7, 11) is 1.71. The maximum atomic E-state index is 8.61. The molecule has 0 amide bonds. The molecule has 0 spiro atoms. The molecule has 1 aromatic rings. The van der Waals surface area contributed by atoms with Gasteiger partial charge in [-0.2, -0.15) is 5.26 Å². The van der Waals surface area contributed by atoms with Gasteiger partial charge in [-0.25, -0.2) is 0 Å². The average Bonchev–Trinajstić information content (AvgIpc) is 2.65. The second-order valence-electron chi connectivity index (χ2n) is 2.94. The summed E-state index contributed by atoms with van der Waals surface area (Å²) in [6, 6.07) is 4.05. The Labute approximate surface area is 88.3 Å². The molecule has 1 rings (SSSR count). The monoisotopic (exact) mass is 210 g/mol. The molecule has 1 aromatic heterocycles. The van der Waals surface area contributed by atoms with Gasteiger partial charge >= 0.3 is 0 Å². The number of methoxy groups -OCH3 is 1. The number of hydrogen-bond donors (Lipinski definition) is 1. The summed E-state index contributed by atoms with van der Waals surface area (Å²) in [5.41, 5.74) is 0.753. The molecule has 0 aliphatic rings. The van der Waals surface area contributed by atoms with Crippen LogP contribution in [0.15, 0.2) is 11.4 Å². The van der Waals surface area contributed by atoms with E-state index in [1.807, 2.05) is 11.4 Å². The normalized spacial score (nSPS) is 10.0. The third kappa shape index (κ3) is 3.88. The standard InChI is InChI=1S/C10H14N2OS/c1-13-4-2-3-12-7-10-5-9(6-11)8-14-10/h5,8,12H,2-4,7H2,1H3. The highest BCUT2D eigenvalue weighted by atomic mass is 32.1. The van der Waals surface area contributed by atoms with Gasteiger partial charge in [-0.15, -0.1) is 11.3 Å². The molecule has 0 atom stereocenters. The van der Waals surface area contributed by atoms with Crippen LogP contribution in [-0.2, 0) is 11.3 Å². The zero-order valence-electron chi connectivity index (χ0n) is 8.25. The van der Waals surface area contributed by atoms with Gasteiger partial charge in [-0.3, -0.25) is 0 Å². The fraction of sp³-hybridized carbons (Fsp3) is 0.500. The molecule has 3 nitrogen and oxygen atoms in total. The molecule has 76 valence electrons. The lowest BCUT2D eigenvalue weighted by Gasteiger charge is -2.01. The maximum absolute atomic E-state index is 8.61. The number of nitriles is 1. The smallest absolute Gasteiger partial charge is 0.100 e. The molecule has 0 bridgehead atoms. The van der Waals surface area contributed by atoms with Gasteiger partial charge in [-0.05, 0) is 19.0 Å². The van der Waals surface area contributed by atoms with E-state index >= 15 is 0 Å².